The van der Waals surface area contributed by atoms with Crippen LogP contribution in [0.1, 0.15) is 37.4 Å². The molecule has 0 spiro atoms. The van der Waals surface area contributed by atoms with E-state index in [-0.39, 0.29) is 18.1 Å². The van der Waals surface area contributed by atoms with Crippen LogP contribution in [0.2, 0.25) is 0 Å². The largest absolute Gasteiger partial charge is 0.392 e. The number of nitrogens with one attached hydrogen (secondary N) is 1. The van der Waals surface area contributed by atoms with Crippen LogP contribution in [-0.4, -0.2) is 22.7 Å². The Hall–Kier alpha value is -1.23. The molecule has 0 saturated carbocycles. The van der Waals surface area contributed by atoms with Crippen molar-refractivity contribution in [2.24, 2.45) is 5.92 Å². The molecule has 0 fully saturated rings. The lowest BCUT2D eigenvalue weighted by atomic mass is 10.1. The highest BCUT2D eigenvalue weighted by Crippen LogP contribution is 2.31. The van der Waals surface area contributed by atoms with Gasteiger partial charge in [0.05, 0.1) is 11.8 Å². The Labute approximate surface area is 131 Å². The van der Waals surface area contributed by atoms with Gasteiger partial charge in [0, 0.05) is 23.0 Å². The van der Waals surface area contributed by atoms with Crippen molar-refractivity contribution in [3.63, 3.8) is 0 Å². The average Bonchev–Trinajstić information content (AvgIpc) is 2.87. The van der Waals surface area contributed by atoms with Crippen LogP contribution in [-0.2, 0) is 0 Å². The van der Waals surface area contributed by atoms with Crippen molar-refractivity contribution in [2.75, 3.05) is 6.54 Å². The Morgan fingerprint density at radius 1 is 1.19 bits per heavy atom. The molecule has 0 radical (unpaired) electrons. The SMILES string of the molecule is Cc1nc(-c2ccccc2)sc1C(C)NCC(O)C(C)C. The molecule has 2 atom stereocenters. The first-order valence-corrected chi connectivity index (χ1v) is 8.25. The number of aromatic nitrogens is 1. The quantitative estimate of drug-likeness (QED) is 0.853. The van der Waals surface area contributed by atoms with Crippen LogP contribution < -0.4 is 5.32 Å². The van der Waals surface area contributed by atoms with Crippen LogP contribution in [0.15, 0.2) is 30.3 Å². The van der Waals surface area contributed by atoms with Gasteiger partial charge < -0.3 is 10.4 Å². The summed E-state index contributed by atoms with van der Waals surface area (Å²) in [5, 5.41) is 14.4. The summed E-state index contributed by atoms with van der Waals surface area (Å²) in [6, 6.07) is 10.5. The number of aryl methyl sites for hydroxylation is 1. The van der Waals surface area contributed by atoms with E-state index in [0.717, 1.165) is 16.3 Å². The van der Waals surface area contributed by atoms with Crippen molar-refractivity contribution in [1.82, 2.24) is 10.3 Å². The molecular formula is C17H24N2OS. The van der Waals surface area contributed by atoms with Crippen molar-refractivity contribution < 1.29 is 5.11 Å². The molecule has 3 nitrogen and oxygen atoms in total. The molecular weight excluding hydrogens is 280 g/mol. The highest BCUT2D eigenvalue weighted by molar-refractivity contribution is 7.15. The van der Waals surface area contributed by atoms with Gasteiger partial charge in [-0.3, -0.25) is 0 Å². The molecule has 0 bridgehead atoms. The predicted octanol–water partition coefficient (Wildman–Crippen LogP) is 3.79. The summed E-state index contributed by atoms with van der Waals surface area (Å²) >= 11 is 1.73. The van der Waals surface area contributed by atoms with Crippen LogP contribution in [0.3, 0.4) is 0 Å². The van der Waals surface area contributed by atoms with E-state index in [1.165, 1.54) is 4.88 Å². The van der Waals surface area contributed by atoms with Crippen LogP contribution in [0.4, 0.5) is 0 Å². The Balaban J connectivity index is 2.08. The molecule has 0 amide bonds. The van der Waals surface area contributed by atoms with E-state index in [4.69, 9.17) is 0 Å². The van der Waals surface area contributed by atoms with Crippen LogP contribution in [0, 0.1) is 12.8 Å². The van der Waals surface area contributed by atoms with Gasteiger partial charge in [0.1, 0.15) is 5.01 Å². The van der Waals surface area contributed by atoms with E-state index < -0.39 is 0 Å². The first kappa shape index (κ1) is 16.1. The van der Waals surface area contributed by atoms with Gasteiger partial charge in [0.2, 0.25) is 0 Å². The van der Waals surface area contributed by atoms with Gasteiger partial charge in [-0.1, -0.05) is 44.2 Å². The molecule has 0 aliphatic heterocycles. The highest BCUT2D eigenvalue weighted by atomic mass is 32.1. The normalized spacial score (nSPS) is 14.4. The summed E-state index contributed by atoms with van der Waals surface area (Å²) in [4.78, 5) is 5.92. The number of hydrogen-bond donors (Lipinski definition) is 2. The summed E-state index contributed by atoms with van der Waals surface area (Å²) in [6.07, 6.45) is -0.311. The molecule has 2 rings (SSSR count). The van der Waals surface area contributed by atoms with Gasteiger partial charge in [0.25, 0.3) is 0 Å². The molecule has 21 heavy (non-hydrogen) atoms. The Bertz CT molecular complexity index is 565. The second-order valence-corrected chi connectivity index (χ2v) is 6.81. The topological polar surface area (TPSA) is 45.2 Å². The molecule has 1 aromatic carbocycles. The minimum atomic E-state index is -0.311. The van der Waals surface area contributed by atoms with Gasteiger partial charge in [-0.25, -0.2) is 4.98 Å². The van der Waals surface area contributed by atoms with Crippen molar-refractivity contribution >= 4 is 11.3 Å². The maximum Gasteiger partial charge on any atom is 0.123 e. The molecule has 0 saturated heterocycles. The first-order valence-electron chi connectivity index (χ1n) is 7.43. The minimum Gasteiger partial charge on any atom is -0.392 e. The summed E-state index contributed by atoms with van der Waals surface area (Å²) < 4.78 is 0. The van der Waals surface area contributed by atoms with E-state index in [0.29, 0.717) is 6.54 Å². The van der Waals surface area contributed by atoms with E-state index in [1.54, 1.807) is 11.3 Å². The fourth-order valence-electron chi connectivity index (χ4n) is 2.14. The number of benzene rings is 1. The van der Waals surface area contributed by atoms with Crippen molar-refractivity contribution in [1.29, 1.82) is 0 Å². The number of hydrogen-bond acceptors (Lipinski definition) is 4. The van der Waals surface area contributed by atoms with Crippen molar-refractivity contribution in [3.8, 4) is 10.6 Å². The maximum atomic E-state index is 9.90. The number of aliphatic hydroxyl groups excluding tert-OH is 1. The van der Waals surface area contributed by atoms with Gasteiger partial charge in [-0.05, 0) is 19.8 Å². The van der Waals surface area contributed by atoms with Gasteiger partial charge in [-0.15, -0.1) is 11.3 Å². The lowest BCUT2D eigenvalue weighted by Gasteiger charge is -2.18. The molecule has 0 aliphatic rings. The fraction of sp³-hybridized carbons (Fsp3) is 0.471. The van der Waals surface area contributed by atoms with Crippen molar-refractivity contribution in [2.45, 2.75) is 39.8 Å². The molecule has 4 heteroatoms. The zero-order valence-electron chi connectivity index (χ0n) is 13.1. The molecule has 2 unspecified atom stereocenters. The van der Waals surface area contributed by atoms with Gasteiger partial charge in [0.15, 0.2) is 0 Å². The lowest BCUT2D eigenvalue weighted by Crippen LogP contribution is -2.32. The second kappa shape index (κ2) is 7.16. The van der Waals surface area contributed by atoms with E-state index in [9.17, 15) is 5.11 Å². The maximum absolute atomic E-state index is 9.90. The molecule has 2 aromatic rings. The number of thiazole rings is 1. The van der Waals surface area contributed by atoms with E-state index in [2.05, 4.69) is 36.3 Å². The zero-order valence-corrected chi connectivity index (χ0v) is 13.9. The molecule has 0 aliphatic carbocycles. The third-order valence-corrected chi connectivity index (χ3v) is 5.04. The third-order valence-electron chi connectivity index (χ3n) is 3.65. The molecule has 1 aromatic heterocycles. The van der Waals surface area contributed by atoms with Crippen LogP contribution in [0.25, 0.3) is 10.6 Å². The van der Waals surface area contributed by atoms with E-state index >= 15 is 0 Å². The van der Waals surface area contributed by atoms with Crippen molar-refractivity contribution in [3.05, 3.63) is 40.9 Å². The molecule has 2 N–H and O–H groups in total. The predicted molar refractivity (Wildman–Crippen MR) is 89.5 cm³/mol. The first-order chi connectivity index (χ1) is 9.99. The Morgan fingerprint density at radius 2 is 1.86 bits per heavy atom. The number of aliphatic hydroxyl groups is 1. The fourth-order valence-corrected chi connectivity index (χ4v) is 3.24. The Morgan fingerprint density at radius 3 is 2.48 bits per heavy atom. The summed E-state index contributed by atoms with van der Waals surface area (Å²) in [6.45, 7) is 8.85. The van der Waals surface area contributed by atoms with Gasteiger partial charge in [-0.2, -0.15) is 0 Å². The minimum absolute atomic E-state index is 0.202. The number of rotatable bonds is 6. The van der Waals surface area contributed by atoms with Crippen LogP contribution >= 0.6 is 11.3 Å². The average molecular weight is 304 g/mol. The lowest BCUT2D eigenvalue weighted by molar-refractivity contribution is 0.121. The summed E-state index contributed by atoms with van der Waals surface area (Å²) in [5.74, 6) is 0.270. The Kier molecular flexibility index (Phi) is 5.51. The van der Waals surface area contributed by atoms with Crippen LogP contribution in [0.5, 0.6) is 0 Å². The molecule has 1 heterocycles. The van der Waals surface area contributed by atoms with E-state index in [1.807, 2.05) is 32.0 Å². The monoisotopic (exact) mass is 304 g/mol. The summed E-state index contributed by atoms with van der Waals surface area (Å²) in [5.41, 5.74) is 2.23. The number of nitrogens with zero attached hydrogens (tertiary/aromatic N) is 1. The second-order valence-electron chi connectivity index (χ2n) is 5.78. The smallest absolute Gasteiger partial charge is 0.123 e. The van der Waals surface area contributed by atoms with Gasteiger partial charge >= 0.3 is 0 Å². The highest BCUT2D eigenvalue weighted by Gasteiger charge is 2.17. The third kappa shape index (κ3) is 4.13. The standard InChI is InChI=1S/C17H24N2OS/c1-11(2)15(20)10-18-12(3)16-13(4)19-17(21-16)14-8-6-5-7-9-14/h5-9,11-12,15,18,20H,10H2,1-4H3. The summed E-state index contributed by atoms with van der Waals surface area (Å²) in [7, 11) is 0. The zero-order chi connectivity index (χ0) is 15.4. The molecule has 114 valence electrons.